The SMILES string of the molecule is CCN(CC)CCCN(CC)c1ccc(Br)cc1C#N. The van der Waals surface area contributed by atoms with Gasteiger partial charge in [0.2, 0.25) is 0 Å². The van der Waals surface area contributed by atoms with E-state index in [1.807, 2.05) is 18.2 Å². The molecule has 0 N–H and O–H groups in total. The Kier molecular flexibility index (Phi) is 7.64. The smallest absolute Gasteiger partial charge is 0.101 e. The minimum atomic E-state index is 0.740. The van der Waals surface area contributed by atoms with Gasteiger partial charge in [0, 0.05) is 17.6 Å². The van der Waals surface area contributed by atoms with Gasteiger partial charge in [-0.1, -0.05) is 29.8 Å². The molecule has 4 heteroatoms. The van der Waals surface area contributed by atoms with Gasteiger partial charge in [0.1, 0.15) is 6.07 Å². The lowest BCUT2D eigenvalue weighted by Gasteiger charge is -2.26. The molecule has 0 aliphatic carbocycles. The summed E-state index contributed by atoms with van der Waals surface area (Å²) in [5.41, 5.74) is 1.78. The third kappa shape index (κ3) is 4.81. The van der Waals surface area contributed by atoms with Gasteiger partial charge in [-0.15, -0.1) is 0 Å². The molecular formula is C16H24BrN3. The number of benzene rings is 1. The van der Waals surface area contributed by atoms with Crippen LogP contribution in [0.1, 0.15) is 32.8 Å². The molecule has 0 bridgehead atoms. The van der Waals surface area contributed by atoms with E-state index >= 15 is 0 Å². The zero-order valence-corrected chi connectivity index (χ0v) is 14.3. The van der Waals surface area contributed by atoms with Crippen LogP contribution in [-0.4, -0.2) is 37.6 Å². The first-order chi connectivity index (χ1) is 9.65. The third-order valence-corrected chi connectivity index (χ3v) is 4.09. The molecule has 0 atom stereocenters. The zero-order chi connectivity index (χ0) is 15.0. The van der Waals surface area contributed by atoms with Crippen LogP contribution < -0.4 is 4.90 Å². The minimum absolute atomic E-state index is 0.740. The Bertz CT molecular complexity index is 450. The molecule has 0 saturated carbocycles. The molecule has 0 aromatic heterocycles. The first kappa shape index (κ1) is 17.0. The first-order valence-corrected chi connectivity index (χ1v) is 8.12. The fraction of sp³-hybridized carbons (Fsp3) is 0.562. The molecule has 0 heterocycles. The summed E-state index contributed by atoms with van der Waals surface area (Å²) in [5, 5.41) is 9.27. The number of nitriles is 1. The summed E-state index contributed by atoms with van der Waals surface area (Å²) in [7, 11) is 0. The summed E-state index contributed by atoms with van der Waals surface area (Å²) in [4.78, 5) is 4.72. The van der Waals surface area contributed by atoms with Crippen molar-refractivity contribution >= 4 is 21.6 Å². The third-order valence-electron chi connectivity index (χ3n) is 3.60. The average molecular weight is 338 g/mol. The summed E-state index contributed by atoms with van der Waals surface area (Å²) < 4.78 is 0.956. The van der Waals surface area contributed by atoms with E-state index in [9.17, 15) is 5.26 Å². The molecule has 1 aromatic rings. The maximum atomic E-state index is 9.27. The number of hydrogen-bond acceptors (Lipinski definition) is 3. The van der Waals surface area contributed by atoms with Crippen molar-refractivity contribution in [2.24, 2.45) is 0 Å². The topological polar surface area (TPSA) is 30.3 Å². The van der Waals surface area contributed by atoms with E-state index in [1.165, 1.54) is 0 Å². The molecule has 0 aliphatic heterocycles. The van der Waals surface area contributed by atoms with Crippen LogP contribution in [0.15, 0.2) is 22.7 Å². The molecule has 0 amide bonds. The van der Waals surface area contributed by atoms with Crippen LogP contribution in [0.25, 0.3) is 0 Å². The molecule has 1 aromatic carbocycles. The van der Waals surface area contributed by atoms with Gasteiger partial charge in [0.15, 0.2) is 0 Å². The van der Waals surface area contributed by atoms with Crippen LogP contribution in [0.5, 0.6) is 0 Å². The average Bonchev–Trinajstić information content (AvgIpc) is 2.48. The molecule has 3 nitrogen and oxygen atoms in total. The maximum absolute atomic E-state index is 9.27. The summed E-state index contributed by atoms with van der Waals surface area (Å²) in [5.74, 6) is 0. The van der Waals surface area contributed by atoms with Crippen molar-refractivity contribution < 1.29 is 0 Å². The van der Waals surface area contributed by atoms with E-state index in [0.29, 0.717) is 0 Å². The standard InChI is InChI=1S/C16H24BrN3/c1-4-19(5-2)10-7-11-20(6-3)16-9-8-15(17)12-14(16)13-18/h8-9,12H,4-7,10-11H2,1-3H3. The molecule has 0 fully saturated rings. The molecule has 0 unspecified atom stereocenters. The largest absolute Gasteiger partial charge is 0.371 e. The zero-order valence-electron chi connectivity index (χ0n) is 12.7. The highest BCUT2D eigenvalue weighted by Gasteiger charge is 2.10. The molecule has 0 saturated heterocycles. The van der Waals surface area contributed by atoms with Gasteiger partial charge in [-0.3, -0.25) is 0 Å². The van der Waals surface area contributed by atoms with Crippen LogP contribution >= 0.6 is 15.9 Å². The van der Waals surface area contributed by atoms with Crippen molar-refractivity contribution in [1.82, 2.24) is 4.90 Å². The van der Waals surface area contributed by atoms with Gasteiger partial charge in [-0.2, -0.15) is 5.26 Å². The first-order valence-electron chi connectivity index (χ1n) is 7.33. The van der Waals surface area contributed by atoms with Gasteiger partial charge < -0.3 is 9.80 Å². The second-order valence-electron chi connectivity index (χ2n) is 4.73. The van der Waals surface area contributed by atoms with Crippen LogP contribution in [-0.2, 0) is 0 Å². The molecule has 1 rings (SSSR count). The Balaban J connectivity index is 2.69. The minimum Gasteiger partial charge on any atom is -0.371 e. The predicted octanol–water partition coefficient (Wildman–Crippen LogP) is 3.88. The fourth-order valence-corrected chi connectivity index (χ4v) is 2.71. The van der Waals surface area contributed by atoms with Crippen LogP contribution in [0.4, 0.5) is 5.69 Å². The summed E-state index contributed by atoms with van der Waals surface area (Å²) >= 11 is 3.42. The molecule has 0 radical (unpaired) electrons. The van der Waals surface area contributed by atoms with Crippen LogP contribution in [0, 0.1) is 11.3 Å². The Morgan fingerprint density at radius 1 is 1.10 bits per heavy atom. The molecule has 0 spiro atoms. The lowest BCUT2D eigenvalue weighted by Crippen LogP contribution is -2.30. The molecule has 110 valence electrons. The van der Waals surface area contributed by atoms with Crippen molar-refractivity contribution in [2.75, 3.05) is 37.6 Å². The monoisotopic (exact) mass is 337 g/mol. The van der Waals surface area contributed by atoms with Crippen molar-refractivity contribution in [3.8, 4) is 6.07 Å². The number of hydrogen-bond donors (Lipinski definition) is 0. The summed E-state index contributed by atoms with van der Waals surface area (Å²) in [6.45, 7) is 11.8. The quantitative estimate of drug-likeness (QED) is 0.721. The molecular weight excluding hydrogens is 314 g/mol. The van der Waals surface area contributed by atoms with Crippen molar-refractivity contribution in [3.05, 3.63) is 28.2 Å². The normalized spacial score (nSPS) is 10.6. The van der Waals surface area contributed by atoms with Gasteiger partial charge in [-0.05, 0) is 51.2 Å². The Morgan fingerprint density at radius 2 is 1.80 bits per heavy atom. The Labute approximate surface area is 131 Å². The second-order valence-corrected chi connectivity index (χ2v) is 5.65. The number of halogens is 1. The van der Waals surface area contributed by atoms with Gasteiger partial charge in [0.05, 0.1) is 11.3 Å². The maximum Gasteiger partial charge on any atom is 0.101 e. The van der Waals surface area contributed by atoms with Crippen molar-refractivity contribution in [2.45, 2.75) is 27.2 Å². The lowest BCUT2D eigenvalue weighted by molar-refractivity contribution is 0.301. The predicted molar refractivity (Wildman–Crippen MR) is 89.1 cm³/mol. The van der Waals surface area contributed by atoms with Crippen LogP contribution in [0.3, 0.4) is 0 Å². The number of nitrogens with zero attached hydrogens (tertiary/aromatic N) is 3. The van der Waals surface area contributed by atoms with E-state index in [0.717, 1.165) is 54.9 Å². The van der Waals surface area contributed by atoms with Crippen molar-refractivity contribution in [1.29, 1.82) is 5.26 Å². The lowest BCUT2D eigenvalue weighted by atomic mass is 10.1. The van der Waals surface area contributed by atoms with Crippen LogP contribution in [0.2, 0.25) is 0 Å². The summed E-state index contributed by atoms with van der Waals surface area (Å²) in [6, 6.07) is 8.22. The van der Waals surface area contributed by atoms with Gasteiger partial charge in [0.25, 0.3) is 0 Å². The Morgan fingerprint density at radius 3 is 2.35 bits per heavy atom. The van der Waals surface area contributed by atoms with E-state index in [-0.39, 0.29) is 0 Å². The highest BCUT2D eigenvalue weighted by atomic mass is 79.9. The van der Waals surface area contributed by atoms with E-state index < -0.39 is 0 Å². The highest BCUT2D eigenvalue weighted by molar-refractivity contribution is 9.10. The Hall–Kier alpha value is -1.05. The van der Waals surface area contributed by atoms with E-state index in [1.54, 1.807) is 0 Å². The fourth-order valence-electron chi connectivity index (χ4n) is 2.35. The van der Waals surface area contributed by atoms with E-state index in [2.05, 4.69) is 52.6 Å². The second kappa shape index (κ2) is 8.99. The number of anilines is 1. The number of rotatable bonds is 8. The van der Waals surface area contributed by atoms with E-state index in [4.69, 9.17) is 0 Å². The molecule has 20 heavy (non-hydrogen) atoms. The van der Waals surface area contributed by atoms with Gasteiger partial charge >= 0.3 is 0 Å². The van der Waals surface area contributed by atoms with Gasteiger partial charge in [-0.25, -0.2) is 0 Å². The molecule has 0 aliphatic rings. The summed E-state index contributed by atoms with van der Waals surface area (Å²) in [6.07, 6.45) is 1.12. The highest BCUT2D eigenvalue weighted by Crippen LogP contribution is 2.24. The van der Waals surface area contributed by atoms with Crippen molar-refractivity contribution in [3.63, 3.8) is 0 Å².